The molecule has 2 aromatic carbocycles. The maximum Gasteiger partial charge on any atom is 0.126 e. The molecular formula is C15H16FNO. The zero-order chi connectivity index (χ0) is 13.1. The summed E-state index contributed by atoms with van der Waals surface area (Å²) >= 11 is 0. The summed E-state index contributed by atoms with van der Waals surface area (Å²) in [6.07, 6.45) is 0. The zero-order valence-corrected chi connectivity index (χ0v) is 10.5. The fraction of sp³-hybridized carbons (Fsp3) is 0.200. The van der Waals surface area contributed by atoms with Crippen molar-refractivity contribution in [1.29, 1.82) is 0 Å². The van der Waals surface area contributed by atoms with Crippen LogP contribution < -0.4 is 10.5 Å². The standard InChI is InChI=1S/C15H16FNO/c1-10-9-12(5-8-14(10)16)15(17)11-3-6-13(18-2)7-4-11/h3-9,15H,17H2,1-2H3. The monoisotopic (exact) mass is 245 g/mol. The first kappa shape index (κ1) is 12.6. The number of rotatable bonds is 3. The Hall–Kier alpha value is -1.87. The van der Waals surface area contributed by atoms with Crippen molar-refractivity contribution in [2.75, 3.05) is 7.11 Å². The molecular weight excluding hydrogens is 229 g/mol. The van der Waals surface area contributed by atoms with Gasteiger partial charge < -0.3 is 10.5 Å². The van der Waals surface area contributed by atoms with Gasteiger partial charge in [-0.2, -0.15) is 0 Å². The van der Waals surface area contributed by atoms with E-state index in [0.29, 0.717) is 5.56 Å². The Bertz CT molecular complexity index is 537. The molecule has 0 bridgehead atoms. The van der Waals surface area contributed by atoms with Crippen LogP contribution in [0.2, 0.25) is 0 Å². The second-order valence-electron chi connectivity index (χ2n) is 4.26. The van der Waals surface area contributed by atoms with Gasteiger partial charge in [0, 0.05) is 0 Å². The molecule has 0 fully saturated rings. The van der Waals surface area contributed by atoms with Crippen molar-refractivity contribution in [1.82, 2.24) is 0 Å². The molecule has 2 rings (SSSR count). The van der Waals surface area contributed by atoms with Crippen molar-refractivity contribution >= 4 is 0 Å². The Morgan fingerprint density at radius 3 is 2.22 bits per heavy atom. The van der Waals surface area contributed by atoms with Crippen molar-refractivity contribution in [3.63, 3.8) is 0 Å². The summed E-state index contributed by atoms with van der Waals surface area (Å²) in [5.41, 5.74) is 8.65. The van der Waals surface area contributed by atoms with Crippen LogP contribution in [0.4, 0.5) is 4.39 Å². The van der Waals surface area contributed by atoms with Gasteiger partial charge in [-0.05, 0) is 41.8 Å². The lowest BCUT2D eigenvalue weighted by molar-refractivity contribution is 0.414. The van der Waals surface area contributed by atoms with Crippen molar-refractivity contribution in [3.8, 4) is 5.75 Å². The maximum atomic E-state index is 13.2. The highest BCUT2D eigenvalue weighted by atomic mass is 19.1. The second kappa shape index (κ2) is 5.19. The number of benzene rings is 2. The smallest absolute Gasteiger partial charge is 0.126 e. The third kappa shape index (κ3) is 2.51. The first-order valence-electron chi connectivity index (χ1n) is 5.77. The summed E-state index contributed by atoms with van der Waals surface area (Å²) in [5, 5.41) is 0. The van der Waals surface area contributed by atoms with E-state index in [4.69, 9.17) is 10.5 Å². The Morgan fingerprint density at radius 2 is 1.67 bits per heavy atom. The summed E-state index contributed by atoms with van der Waals surface area (Å²) in [5.74, 6) is 0.585. The molecule has 0 amide bonds. The minimum Gasteiger partial charge on any atom is -0.497 e. The van der Waals surface area contributed by atoms with Crippen LogP contribution in [-0.4, -0.2) is 7.11 Å². The lowest BCUT2D eigenvalue weighted by Crippen LogP contribution is -2.12. The van der Waals surface area contributed by atoms with Crippen LogP contribution in [0.1, 0.15) is 22.7 Å². The second-order valence-corrected chi connectivity index (χ2v) is 4.26. The van der Waals surface area contributed by atoms with Crippen molar-refractivity contribution in [3.05, 3.63) is 65.0 Å². The first-order valence-corrected chi connectivity index (χ1v) is 5.77. The molecule has 0 saturated heterocycles. The number of halogens is 1. The van der Waals surface area contributed by atoms with Crippen LogP contribution in [0.3, 0.4) is 0 Å². The van der Waals surface area contributed by atoms with Crippen LogP contribution in [0.5, 0.6) is 5.75 Å². The molecule has 0 radical (unpaired) electrons. The van der Waals surface area contributed by atoms with Crippen LogP contribution in [0.25, 0.3) is 0 Å². The summed E-state index contributed by atoms with van der Waals surface area (Å²) in [7, 11) is 1.62. The fourth-order valence-electron chi connectivity index (χ4n) is 1.87. The van der Waals surface area contributed by atoms with E-state index in [0.717, 1.165) is 16.9 Å². The van der Waals surface area contributed by atoms with Crippen molar-refractivity contribution in [2.45, 2.75) is 13.0 Å². The molecule has 2 N–H and O–H groups in total. The van der Waals surface area contributed by atoms with Gasteiger partial charge in [0.25, 0.3) is 0 Å². The van der Waals surface area contributed by atoms with E-state index < -0.39 is 0 Å². The van der Waals surface area contributed by atoms with Crippen LogP contribution in [0, 0.1) is 12.7 Å². The lowest BCUT2D eigenvalue weighted by atomic mass is 9.98. The Labute approximate surface area is 106 Å². The Morgan fingerprint density at radius 1 is 1.06 bits per heavy atom. The number of ether oxygens (including phenoxy) is 1. The third-order valence-corrected chi connectivity index (χ3v) is 3.02. The number of hydrogen-bond acceptors (Lipinski definition) is 2. The third-order valence-electron chi connectivity index (χ3n) is 3.02. The number of methoxy groups -OCH3 is 1. The lowest BCUT2D eigenvalue weighted by Gasteiger charge is -2.14. The molecule has 0 spiro atoms. The Balaban J connectivity index is 2.28. The molecule has 2 aromatic rings. The average Bonchev–Trinajstić information content (AvgIpc) is 2.41. The van der Waals surface area contributed by atoms with E-state index in [2.05, 4.69) is 0 Å². The molecule has 0 saturated carbocycles. The van der Waals surface area contributed by atoms with Gasteiger partial charge in [-0.1, -0.05) is 24.3 Å². The molecule has 0 aliphatic heterocycles. The highest BCUT2D eigenvalue weighted by Gasteiger charge is 2.10. The first-order chi connectivity index (χ1) is 8.61. The van der Waals surface area contributed by atoms with Gasteiger partial charge in [0.1, 0.15) is 11.6 Å². The van der Waals surface area contributed by atoms with E-state index in [9.17, 15) is 4.39 Å². The summed E-state index contributed by atoms with van der Waals surface area (Å²) in [6, 6.07) is 12.3. The van der Waals surface area contributed by atoms with Crippen molar-refractivity contribution < 1.29 is 9.13 Å². The molecule has 1 unspecified atom stereocenters. The molecule has 0 aliphatic carbocycles. The number of hydrogen-bond donors (Lipinski definition) is 1. The zero-order valence-electron chi connectivity index (χ0n) is 10.5. The highest BCUT2D eigenvalue weighted by molar-refractivity contribution is 5.36. The van der Waals surface area contributed by atoms with E-state index in [1.807, 2.05) is 24.3 Å². The van der Waals surface area contributed by atoms with Gasteiger partial charge in [-0.25, -0.2) is 4.39 Å². The van der Waals surface area contributed by atoms with Crippen LogP contribution in [-0.2, 0) is 0 Å². The molecule has 3 heteroatoms. The molecule has 94 valence electrons. The van der Waals surface area contributed by atoms with Gasteiger partial charge in [-0.15, -0.1) is 0 Å². The van der Waals surface area contributed by atoms with Gasteiger partial charge in [0.2, 0.25) is 0 Å². The predicted octanol–water partition coefficient (Wildman–Crippen LogP) is 3.19. The van der Waals surface area contributed by atoms with Crippen molar-refractivity contribution in [2.24, 2.45) is 5.73 Å². The van der Waals surface area contributed by atoms with Gasteiger partial charge in [0.05, 0.1) is 13.2 Å². The SMILES string of the molecule is COc1ccc(C(N)c2ccc(F)c(C)c2)cc1. The maximum absolute atomic E-state index is 13.2. The number of nitrogens with two attached hydrogens (primary N) is 1. The Kier molecular flexibility index (Phi) is 3.63. The van der Waals surface area contributed by atoms with Crippen LogP contribution >= 0.6 is 0 Å². The van der Waals surface area contributed by atoms with E-state index >= 15 is 0 Å². The molecule has 0 heterocycles. The summed E-state index contributed by atoms with van der Waals surface area (Å²) < 4.78 is 18.3. The summed E-state index contributed by atoms with van der Waals surface area (Å²) in [4.78, 5) is 0. The highest BCUT2D eigenvalue weighted by Crippen LogP contribution is 2.23. The minimum atomic E-state index is -0.254. The fourth-order valence-corrected chi connectivity index (χ4v) is 1.87. The van der Waals surface area contributed by atoms with E-state index in [1.165, 1.54) is 6.07 Å². The average molecular weight is 245 g/mol. The van der Waals surface area contributed by atoms with Gasteiger partial charge >= 0.3 is 0 Å². The molecule has 1 atom stereocenters. The normalized spacial score (nSPS) is 12.2. The topological polar surface area (TPSA) is 35.2 Å². The van der Waals surface area contributed by atoms with Gasteiger partial charge in [0.15, 0.2) is 0 Å². The molecule has 2 nitrogen and oxygen atoms in total. The minimum absolute atomic E-state index is 0.208. The van der Waals surface area contributed by atoms with Crippen LogP contribution in [0.15, 0.2) is 42.5 Å². The van der Waals surface area contributed by atoms with E-state index in [1.54, 1.807) is 26.2 Å². The molecule has 18 heavy (non-hydrogen) atoms. The number of aryl methyl sites for hydroxylation is 1. The van der Waals surface area contributed by atoms with Gasteiger partial charge in [-0.3, -0.25) is 0 Å². The molecule has 0 aromatic heterocycles. The predicted molar refractivity (Wildman–Crippen MR) is 70.2 cm³/mol. The van der Waals surface area contributed by atoms with E-state index in [-0.39, 0.29) is 11.9 Å². The largest absolute Gasteiger partial charge is 0.497 e. The molecule has 0 aliphatic rings. The summed E-state index contributed by atoms with van der Waals surface area (Å²) in [6.45, 7) is 1.74. The quantitative estimate of drug-likeness (QED) is 0.901.